The zero-order chi connectivity index (χ0) is 12.7. The highest BCUT2D eigenvalue weighted by molar-refractivity contribution is 6.00. The summed E-state index contributed by atoms with van der Waals surface area (Å²) in [4.78, 5) is 0. The molecule has 1 heterocycles. The normalized spacial score (nSPS) is 11.9. The molecule has 1 nitrogen and oxygen atoms in total. The van der Waals surface area contributed by atoms with E-state index < -0.39 is 0 Å². The highest BCUT2D eigenvalue weighted by atomic mass is 14.9. The van der Waals surface area contributed by atoms with Crippen LogP contribution in [0, 0.1) is 6.92 Å². The molecule has 0 saturated heterocycles. The van der Waals surface area contributed by atoms with Gasteiger partial charge in [-0.15, -0.1) is 0 Å². The molecule has 0 aliphatic heterocycles. The molecule has 0 N–H and O–H groups in total. The lowest BCUT2D eigenvalue weighted by atomic mass is 10.1. The van der Waals surface area contributed by atoms with Gasteiger partial charge in [0, 0.05) is 23.6 Å². The second-order valence-electron chi connectivity index (χ2n) is 4.79. The molecule has 3 rings (SSSR count). The molecule has 0 aliphatic carbocycles. The Kier molecular flexibility index (Phi) is 2.48. The highest BCUT2D eigenvalue weighted by Crippen LogP contribution is 2.29. The van der Waals surface area contributed by atoms with E-state index >= 15 is 0 Å². The first-order valence-electron chi connectivity index (χ1n) is 6.33. The molecule has 1 heteroatoms. The summed E-state index contributed by atoms with van der Waals surface area (Å²) in [5, 5.41) is 3.97. The van der Waals surface area contributed by atoms with Gasteiger partial charge in [0.25, 0.3) is 0 Å². The van der Waals surface area contributed by atoms with Gasteiger partial charge in [-0.05, 0) is 48.4 Å². The summed E-state index contributed by atoms with van der Waals surface area (Å²) < 4.78 is 2.27. The number of fused-ring (bicyclic) bond motifs is 2. The summed E-state index contributed by atoms with van der Waals surface area (Å²) in [5.74, 6) is 0. The van der Waals surface area contributed by atoms with Gasteiger partial charge in [-0.3, -0.25) is 0 Å². The molecule has 3 aromatic rings. The zero-order valence-corrected chi connectivity index (χ0v) is 11.1. The summed E-state index contributed by atoms with van der Waals surface area (Å²) in [6.45, 7) is 4.26. The zero-order valence-electron chi connectivity index (χ0n) is 11.1. The maximum atomic E-state index is 2.30. The molecular formula is C17H17N. The second-order valence-corrected chi connectivity index (χ2v) is 4.79. The first-order chi connectivity index (χ1) is 8.72. The Bertz CT molecular complexity index is 701. The molecular weight excluding hydrogens is 218 g/mol. The van der Waals surface area contributed by atoms with Crippen molar-refractivity contribution >= 4 is 27.8 Å². The van der Waals surface area contributed by atoms with Crippen molar-refractivity contribution < 1.29 is 0 Å². The fourth-order valence-electron chi connectivity index (χ4n) is 2.72. The van der Waals surface area contributed by atoms with Gasteiger partial charge in [0.15, 0.2) is 0 Å². The van der Waals surface area contributed by atoms with Gasteiger partial charge in [-0.1, -0.05) is 30.3 Å². The van der Waals surface area contributed by atoms with Crippen LogP contribution in [0.5, 0.6) is 0 Å². The summed E-state index contributed by atoms with van der Waals surface area (Å²) in [6, 6.07) is 13.1. The van der Waals surface area contributed by atoms with Crippen LogP contribution in [-0.2, 0) is 7.05 Å². The molecule has 0 spiro atoms. The average molecular weight is 235 g/mol. The maximum Gasteiger partial charge on any atom is 0.0491 e. The lowest BCUT2D eigenvalue weighted by Crippen LogP contribution is -1.90. The van der Waals surface area contributed by atoms with Gasteiger partial charge < -0.3 is 4.57 Å². The van der Waals surface area contributed by atoms with Crippen LogP contribution in [0.25, 0.3) is 27.8 Å². The fraction of sp³-hybridized carbons (Fsp3) is 0.176. The highest BCUT2D eigenvalue weighted by Gasteiger charge is 2.10. The molecule has 0 aliphatic rings. The third-order valence-corrected chi connectivity index (χ3v) is 3.70. The predicted octanol–water partition coefficient (Wildman–Crippen LogP) is 4.67. The molecule has 90 valence electrons. The van der Waals surface area contributed by atoms with Gasteiger partial charge >= 0.3 is 0 Å². The van der Waals surface area contributed by atoms with E-state index in [0.717, 1.165) is 0 Å². The van der Waals surface area contributed by atoms with Crippen molar-refractivity contribution in [3.8, 4) is 0 Å². The average Bonchev–Trinajstić information content (AvgIpc) is 2.62. The number of rotatable bonds is 1. The number of hydrogen-bond donors (Lipinski definition) is 0. The van der Waals surface area contributed by atoms with Gasteiger partial charge in [0.1, 0.15) is 0 Å². The predicted molar refractivity (Wildman–Crippen MR) is 79.9 cm³/mol. The van der Waals surface area contributed by atoms with Crippen LogP contribution in [0.15, 0.2) is 42.5 Å². The van der Waals surface area contributed by atoms with Crippen molar-refractivity contribution in [2.75, 3.05) is 0 Å². The Balaban J connectivity index is 2.47. The third-order valence-electron chi connectivity index (χ3n) is 3.70. The quantitative estimate of drug-likeness (QED) is 0.577. The van der Waals surface area contributed by atoms with Crippen LogP contribution in [0.1, 0.15) is 18.2 Å². The lowest BCUT2D eigenvalue weighted by molar-refractivity contribution is 0.949. The van der Waals surface area contributed by atoms with E-state index in [1.807, 2.05) is 0 Å². The molecule has 18 heavy (non-hydrogen) atoms. The molecule has 0 fully saturated rings. The van der Waals surface area contributed by atoms with Gasteiger partial charge in [0.05, 0.1) is 0 Å². The number of aryl methyl sites for hydroxylation is 2. The summed E-state index contributed by atoms with van der Waals surface area (Å²) in [7, 11) is 2.14. The van der Waals surface area contributed by atoms with Crippen LogP contribution < -0.4 is 0 Å². The Labute approximate surface area is 107 Å². The van der Waals surface area contributed by atoms with Crippen molar-refractivity contribution in [2.24, 2.45) is 7.05 Å². The second kappa shape index (κ2) is 4.02. The smallest absolute Gasteiger partial charge is 0.0491 e. The topological polar surface area (TPSA) is 4.93 Å². The number of aromatic nitrogens is 1. The first kappa shape index (κ1) is 11.1. The van der Waals surface area contributed by atoms with Crippen LogP contribution in [0.4, 0.5) is 0 Å². The van der Waals surface area contributed by atoms with E-state index in [2.05, 4.69) is 74.0 Å². The Morgan fingerprint density at radius 3 is 2.39 bits per heavy atom. The van der Waals surface area contributed by atoms with Crippen LogP contribution in [0.2, 0.25) is 0 Å². The molecule has 0 amide bonds. The van der Waals surface area contributed by atoms with E-state index in [0.29, 0.717) is 0 Å². The van der Waals surface area contributed by atoms with Crippen LogP contribution in [-0.4, -0.2) is 4.57 Å². The van der Waals surface area contributed by atoms with E-state index in [1.165, 1.54) is 32.9 Å². The SMILES string of the molecule is C/C=C\c1c(C)c2cc3ccccc3cc2n1C. The van der Waals surface area contributed by atoms with E-state index in [9.17, 15) is 0 Å². The number of hydrogen-bond acceptors (Lipinski definition) is 0. The van der Waals surface area contributed by atoms with E-state index in [4.69, 9.17) is 0 Å². The molecule has 0 atom stereocenters. The number of benzene rings is 2. The maximum absolute atomic E-state index is 2.30. The summed E-state index contributed by atoms with van der Waals surface area (Å²) in [6.07, 6.45) is 4.28. The van der Waals surface area contributed by atoms with Gasteiger partial charge in [-0.2, -0.15) is 0 Å². The standard InChI is InChI=1S/C17H17N/c1-4-7-16-12(2)15-10-13-8-5-6-9-14(13)11-17(15)18(16)3/h4-11H,1-3H3/b7-4-. The van der Waals surface area contributed by atoms with Crippen molar-refractivity contribution in [1.82, 2.24) is 4.57 Å². The Morgan fingerprint density at radius 2 is 1.72 bits per heavy atom. The van der Waals surface area contributed by atoms with Crippen LogP contribution >= 0.6 is 0 Å². The summed E-state index contributed by atoms with van der Waals surface area (Å²) >= 11 is 0. The number of nitrogens with zero attached hydrogens (tertiary/aromatic N) is 1. The monoisotopic (exact) mass is 235 g/mol. The fourth-order valence-corrected chi connectivity index (χ4v) is 2.72. The number of allylic oxidation sites excluding steroid dienone is 1. The minimum absolute atomic E-state index is 1.29. The molecule has 0 saturated carbocycles. The largest absolute Gasteiger partial charge is 0.344 e. The van der Waals surface area contributed by atoms with Crippen molar-refractivity contribution in [3.63, 3.8) is 0 Å². The first-order valence-corrected chi connectivity index (χ1v) is 6.33. The van der Waals surface area contributed by atoms with Crippen molar-refractivity contribution in [1.29, 1.82) is 0 Å². The summed E-state index contributed by atoms with van der Waals surface area (Å²) in [5.41, 5.74) is 3.96. The third kappa shape index (κ3) is 1.47. The minimum atomic E-state index is 1.29. The van der Waals surface area contributed by atoms with E-state index in [-0.39, 0.29) is 0 Å². The van der Waals surface area contributed by atoms with Gasteiger partial charge in [-0.25, -0.2) is 0 Å². The molecule has 1 aromatic heterocycles. The van der Waals surface area contributed by atoms with Crippen molar-refractivity contribution in [3.05, 3.63) is 53.7 Å². The van der Waals surface area contributed by atoms with Gasteiger partial charge in [0.2, 0.25) is 0 Å². The van der Waals surface area contributed by atoms with Crippen molar-refractivity contribution in [2.45, 2.75) is 13.8 Å². The molecule has 2 aromatic carbocycles. The van der Waals surface area contributed by atoms with E-state index in [1.54, 1.807) is 0 Å². The minimum Gasteiger partial charge on any atom is -0.344 e. The lowest BCUT2D eigenvalue weighted by Gasteiger charge is -2.01. The Morgan fingerprint density at radius 1 is 1.06 bits per heavy atom. The molecule has 0 radical (unpaired) electrons. The molecule has 0 unspecified atom stereocenters. The Hall–Kier alpha value is -2.02. The van der Waals surface area contributed by atoms with Crippen LogP contribution in [0.3, 0.4) is 0 Å². The molecule has 0 bridgehead atoms.